The van der Waals surface area contributed by atoms with Crippen molar-refractivity contribution in [2.45, 2.75) is 41.5 Å². The maximum absolute atomic E-state index is 2.29. The highest BCUT2D eigenvalue weighted by Gasteiger charge is 2.07. The van der Waals surface area contributed by atoms with Crippen molar-refractivity contribution in [3.8, 4) is 0 Å². The van der Waals surface area contributed by atoms with Gasteiger partial charge in [0.25, 0.3) is 0 Å². The van der Waals surface area contributed by atoms with Crippen LogP contribution in [0.4, 0.5) is 0 Å². The van der Waals surface area contributed by atoms with Crippen molar-refractivity contribution in [2.75, 3.05) is 0 Å². The molecule has 0 aromatic heterocycles. The van der Waals surface area contributed by atoms with Crippen LogP contribution in [-0.2, 0) is 0 Å². The summed E-state index contributed by atoms with van der Waals surface area (Å²) in [6.45, 7) is 13.3. The van der Waals surface area contributed by atoms with Gasteiger partial charge in [0.15, 0.2) is 0 Å². The van der Waals surface area contributed by atoms with Gasteiger partial charge in [0.1, 0.15) is 0 Å². The lowest BCUT2D eigenvalue weighted by atomic mass is 9.90. The van der Waals surface area contributed by atoms with Crippen molar-refractivity contribution < 1.29 is 0 Å². The average Bonchev–Trinajstić information content (AvgIpc) is 2.02. The lowest BCUT2D eigenvalue weighted by Crippen LogP contribution is -2.04. The van der Waals surface area contributed by atoms with Crippen molar-refractivity contribution in [3.63, 3.8) is 0 Å². The minimum Gasteiger partial charge on any atom is -0.0847 e. The molecule has 0 saturated carbocycles. The Morgan fingerprint density at radius 1 is 1.08 bits per heavy atom. The van der Waals surface area contributed by atoms with Crippen LogP contribution in [0.15, 0.2) is 23.3 Å². The highest BCUT2D eigenvalue weighted by molar-refractivity contribution is 5.21. The first-order valence-electron chi connectivity index (χ1n) is 4.80. The van der Waals surface area contributed by atoms with E-state index in [9.17, 15) is 0 Å². The van der Waals surface area contributed by atoms with Crippen LogP contribution in [0.5, 0.6) is 0 Å². The van der Waals surface area contributed by atoms with Crippen molar-refractivity contribution in [1.82, 2.24) is 0 Å². The van der Waals surface area contributed by atoms with Gasteiger partial charge in [-0.15, -0.1) is 0 Å². The maximum Gasteiger partial charge on any atom is -0.0208 e. The van der Waals surface area contributed by atoms with Crippen LogP contribution in [-0.4, -0.2) is 0 Å². The fourth-order valence-corrected chi connectivity index (χ4v) is 1.10. The zero-order valence-corrected chi connectivity index (χ0v) is 9.31. The highest BCUT2D eigenvalue weighted by atomic mass is 14.1. The predicted octanol–water partition coefficient (Wildman–Crippen LogP) is 4.19. The number of hydrogen-bond donors (Lipinski definition) is 0. The summed E-state index contributed by atoms with van der Waals surface area (Å²) in [5.41, 5.74) is 2.85. The molecule has 0 N–H and O–H groups in total. The maximum atomic E-state index is 2.29. The third-order valence-corrected chi connectivity index (χ3v) is 2.63. The summed E-state index contributed by atoms with van der Waals surface area (Å²) in [5.74, 6) is 1.44. The molecule has 0 saturated heterocycles. The zero-order chi connectivity index (χ0) is 9.72. The largest absolute Gasteiger partial charge is 0.0847 e. The second kappa shape index (κ2) is 5.18. The summed E-state index contributed by atoms with van der Waals surface area (Å²) in [6, 6.07) is 0. The van der Waals surface area contributed by atoms with E-state index in [-0.39, 0.29) is 0 Å². The summed E-state index contributed by atoms with van der Waals surface area (Å²) in [7, 11) is 0. The smallest absolute Gasteiger partial charge is 0.0208 e. The topological polar surface area (TPSA) is 0 Å². The van der Waals surface area contributed by atoms with E-state index in [0.717, 1.165) is 5.92 Å². The van der Waals surface area contributed by atoms with Crippen molar-refractivity contribution in [1.29, 1.82) is 0 Å². The molecule has 0 amide bonds. The Bertz CT molecular complexity index is 182. The molecule has 0 bridgehead atoms. The molecule has 0 heterocycles. The fourth-order valence-electron chi connectivity index (χ4n) is 1.10. The lowest BCUT2D eigenvalue weighted by Gasteiger charge is -2.16. The van der Waals surface area contributed by atoms with Crippen LogP contribution < -0.4 is 0 Å². The highest BCUT2D eigenvalue weighted by Crippen LogP contribution is 2.20. The molecule has 1 unspecified atom stereocenters. The van der Waals surface area contributed by atoms with E-state index < -0.39 is 0 Å². The van der Waals surface area contributed by atoms with Crippen LogP contribution in [0.25, 0.3) is 0 Å². The second-order valence-electron chi connectivity index (χ2n) is 3.95. The van der Waals surface area contributed by atoms with Crippen LogP contribution in [0.2, 0.25) is 0 Å². The quantitative estimate of drug-likeness (QED) is 0.551. The number of allylic oxidation sites excluding steroid dienone is 4. The van der Waals surface area contributed by atoms with Crippen molar-refractivity contribution in [2.24, 2.45) is 11.8 Å². The first kappa shape index (κ1) is 11.5. The standard InChI is InChI=1S/C12H22/c1-7-10(4)8-11(5)12(6)9(2)3/h7-9,12H,1-6H3. The van der Waals surface area contributed by atoms with E-state index >= 15 is 0 Å². The molecule has 0 spiro atoms. The number of hydrogen-bond acceptors (Lipinski definition) is 0. The molecule has 0 radical (unpaired) electrons. The van der Waals surface area contributed by atoms with Gasteiger partial charge < -0.3 is 0 Å². The van der Waals surface area contributed by atoms with Gasteiger partial charge in [-0.25, -0.2) is 0 Å². The third kappa shape index (κ3) is 3.75. The molecule has 1 atom stereocenters. The molecule has 0 nitrogen and oxygen atoms in total. The Balaban J connectivity index is 4.37. The lowest BCUT2D eigenvalue weighted by molar-refractivity contribution is 0.480. The number of rotatable bonds is 3. The third-order valence-electron chi connectivity index (χ3n) is 2.63. The average molecular weight is 166 g/mol. The normalized spacial score (nSPS) is 16.9. The van der Waals surface area contributed by atoms with Gasteiger partial charge in [-0.2, -0.15) is 0 Å². The van der Waals surface area contributed by atoms with E-state index in [1.807, 2.05) is 0 Å². The van der Waals surface area contributed by atoms with Gasteiger partial charge in [0.2, 0.25) is 0 Å². The Morgan fingerprint density at radius 3 is 1.92 bits per heavy atom. The molecule has 0 aliphatic carbocycles. The summed E-state index contributed by atoms with van der Waals surface area (Å²) in [4.78, 5) is 0. The minimum absolute atomic E-state index is 0.694. The molecule has 0 heteroatoms. The summed E-state index contributed by atoms with van der Waals surface area (Å²) in [6.07, 6.45) is 4.43. The van der Waals surface area contributed by atoms with Gasteiger partial charge in [0.05, 0.1) is 0 Å². The Hall–Kier alpha value is -0.520. The van der Waals surface area contributed by atoms with Gasteiger partial charge in [0, 0.05) is 0 Å². The summed E-state index contributed by atoms with van der Waals surface area (Å²) < 4.78 is 0. The van der Waals surface area contributed by atoms with Gasteiger partial charge >= 0.3 is 0 Å². The van der Waals surface area contributed by atoms with Crippen LogP contribution >= 0.6 is 0 Å². The minimum atomic E-state index is 0.694. The van der Waals surface area contributed by atoms with E-state index in [2.05, 4.69) is 53.7 Å². The molecule has 0 aliphatic heterocycles. The molecule has 0 fully saturated rings. The van der Waals surface area contributed by atoms with E-state index in [0.29, 0.717) is 5.92 Å². The molecular weight excluding hydrogens is 144 g/mol. The second-order valence-corrected chi connectivity index (χ2v) is 3.95. The molecule has 0 aromatic carbocycles. The van der Waals surface area contributed by atoms with Gasteiger partial charge in [-0.05, 0) is 32.6 Å². The van der Waals surface area contributed by atoms with E-state index in [1.54, 1.807) is 0 Å². The Morgan fingerprint density at radius 2 is 1.58 bits per heavy atom. The molecule has 0 aliphatic rings. The van der Waals surface area contributed by atoms with Crippen LogP contribution in [0, 0.1) is 11.8 Å². The SMILES string of the molecule is CC=C(C)C=C(C)C(C)C(C)C. The van der Waals surface area contributed by atoms with Crippen molar-refractivity contribution in [3.05, 3.63) is 23.3 Å². The molecule has 0 rings (SSSR count). The Kier molecular flexibility index (Phi) is 4.96. The van der Waals surface area contributed by atoms with Crippen LogP contribution in [0.3, 0.4) is 0 Å². The first-order valence-corrected chi connectivity index (χ1v) is 4.80. The van der Waals surface area contributed by atoms with Crippen LogP contribution in [0.1, 0.15) is 41.5 Å². The molecular formula is C12H22. The van der Waals surface area contributed by atoms with Gasteiger partial charge in [-0.3, -0.25) is 0 Å². The van der Waals surface area contributed by atoms with Gasteiger partial charge in [-0.1, -0.05) is 44.1 Å². The molecule has 0 aromatic rings. The summed E-state index contributed by atoms with van der Waals surface area (Å²) >= 11 is 0. The zero-order valence-electron chi connectivity index (χ0n) is 9.31. The fraction of sp³-hybridized carbons (Fsp3) is 0.667. The van der Waals surface area contributed by atoms with Crippen molar-refractivity contribution >= 4 is 0 Å². The predicted molar refractivity (Wildman–Crippen MR) is 57.2 cm³/mol. The first-order chi connectivity index (χ1) is 5.49. The monoisotopic (exact) mass is 166 g/mol. The Labute approximate surface area is 77.4 Å². The summed E-state index contributed by atoms with van der Waals surface area (Å²) in [5, 5.41) is 0. The van der Waals surface area contributed by atoms with E-state index in [1.165, 1.54) is 11.1 Å². The molecule has 12 heavy (non-hydrogen) atoms. The van der Waals surface area contributed by atoms with E-state index in [4.69, 9.17) is 0 Å². The molecule has 70 valence electrons.